The number of aliphatic hydroxyl groups is 1. The molecule has 1 aliphatic heterocycles. The number of carbonyl (C=O) groups is 1. The quantitative estimate of drug-likeness (QED) is 0.901. The van der Waals surface area contributed by atoms with Gasteiger partial charge in [0, 0.05) is 24.5 Å². The second kappa shape index (κ2) is 6.99. The highest BCUT2D eigenvalue weighted by molar-refractivity contribution is 7.97. The highest BCUT2D eigenvalue weighted by atomic mass is 32.2. The van der Waals surface area contributed by atoms with Gasteiger partial charge in [-0.05, 0) is 36.3 Å². The van der Waals surface area contributed by atoms with E-state index in [-0.39, 0.29) is 11.9 Å². The van der Waals surface area contributed by atoms with Gasteiger partial charge in [-0.15, -0.1) is 0 Å². The van der Waals surface area contributed by atoms with E-state index in [1.165, 1.54) is 5.56 Å². The maximum atomic E-state index is 12.1. The minimum absolute atomic E-state index is 0.131. The third-order valence-corrected chi connectivity index (χ3v) is 4.34. The fraction of sp³-hybridized carbons (Fsp3) is 0.533. The van der Waals surface area contributed by atoms with Crippen LogP contribution in [0.4, 0.5) is 10.5 Å². The van der Waals surface area contributed by atoms with Crippen LogP contribution in [0.1, 0.15) is 18.9 Å². The minimum atomic E-state index is -0.418. The number of benzene rings is 1. The van der Waals surface area contributed by atoms with Crippen molar-refractivity contribution in [3.63, 3.8) is 0 Å². The summed E-state index contributed by atoms with van der Waals surface area (Å²) in [4.78, 5) is 13.8. The lowest BCUT2D eigenvalue weighted by Crippen LogP contribution is -2.47. The van der Waals surface area contributed by atoms with Gasteiger partial charge in [0.05, 0.1) is 6.10 Å². The summed E-state index contributed by atoms with van der Waals surface area (Å²) in [6.45, 7) is 3.14. The number of urea groups is 1. The Hall–Kier alpha value is -1.20. The SMILES string of the molecule is CSCc1ccc(NC(=O)N2CCC(C)C(O)C2)cc1. The molecule has 2 rings (SSSR count). The zero-order valence-electron chi connectivity index (χ0n) is 12.0. The molecule has 0 aliphatic carbocycles. The van der Waals surface area contributed by atoms with Crippen LogP contribution in [0.5, 0.6) is 0 Å². The Morgan fingerprint density at radius 2 is 2.15 bits per heavy atom. The summed E-state index contributed by atoms with van der Waals surface area (Å²) in [6.07, 6.45) is 2.50. The van der Waals surface area contributed by atoms with Crippen LogP contribution >= 0.6 is 11.8 Å². The molecular formula is C15H22N2O2S. The number of carbonyl (C=O) groups excluding carboxylic acids is 1. The van der Waals surface area contributed by atoms with Crippen molar-refractivity contribution in [2.75, 3.05) is 24.7 Å². The third-order valence-electron chi connectivity index (χ3n) is 3.72. The summed E-state index contributed by atoms with van der Waals surface area (Å²) >= 11 is 1.77. The van der Waals surface area contributed by atoms with Crippen LogP contribution in [-0.4, -0.2) is 41.5 Å². The number of anilines is 1. The first-order valence-corrected chi connectivity index (χ1v) is 8.31. The van der Waals surface area contributed by atoms with Gasteiger partial charge in [-0.25, -0.2) is 4.79 Å². The van der Waals surface area contributed by atoms with Crippen molar-refractivity contribution < 1.29 is 9.90 Å². The van der Waals surface area contributed by atoms with E-state index < -0.39 is 6.10 Å². The van der Waals surface area contributed by atoms with Gasteiger partial charge in [0.25, 0.3) is 0 Å². The van der Waals surface area contributed by atoms with Crippen molar-refractivity contribution in [1.29, 1.82) is 0 Å². The molecule has 1 saturated heterocycles. The molecule has 1 fully saturated rings. The van der Waals surface area contributed by atoms with E-state index in [1.807, 2.05) is 31.2 Å². The monoisotopic (exact) mass is 294 g/mol. The molecule has 5 heteroatoms. The fourth-order valence-corrected chi connectivity index (χ4v) is 2.81. The van der Waals surface area contributed by atoms with Crippen LogP contribution in [0, 0.1) is 5.92 Å². The summed E-state index contributed by atoms with van der Waals surface area (Å²) in [5.74, 6) is 1.25. The van der Waals surface area contributed by atoms with E-state index in [9.17, 15) is 9.90 Å². The third kappa shape index (κ3) is 3.90. The van der Waals surface area contributed by atoms with Crippen LogP contribution in [0.15, 0.2) is 24.3 Å². The van der Waals surface area contributed by atoms with Crippen LogP contribution in [0.25, 0.3) is 0 Å². The van der Waals surface area contributed by atoms with E-state index in [1.54, 1.807) is 16.7 Å². The average Bonchev–Trinajstić information content (AvgIpc) is 2.44. The molecule has 0 saturated carbocycles. The van der Waals surface area contributed by atoms with Gasteiger partial charge < -0.3 is 15.3 Å². The van der Waals surface area contributed by atoms with Crippen LogP contribution in [0.3, 0.4) is 0 Å². The number of hydrogen-bond donors (Lipinski definition) is 2. The molecule has 20 heavy (non-hydrogen) atoms. The van der Waals surface area contributed by atoms with Crippen molar-refractivity contribution in [1.82, 2.24) is 4.90 Å². The number of aliphatic hydroxyl groups excluding tert-OH is 1. The molecule has 2 amide bonds. The Labute approximate surface area is 124 Å². The molecule has 0 radical (unpaired) electrons. The van der Waals surface area contributed by atoms with Crippen molar-refractivity contribution in [2.45, 2.75) is 25.2 Å². The Bertz CT molecular complexity index is 450. The smallest absolute Gasteiger partial charge is 0.321 e. The number of thioether (sulfide) groups is 1. The molecule has 0 spiro atoms. The number of likely N-dealkylation sites (tertiary alicyclic amines) is 1. The molecule has 110 valence electrons. The van der Waals surface area contributed by atoms with Gasteiger partial charge in [-0.2, -0.15) is 11.8 Å². The van der Waals surface area contributed by atoms with Gasteiger partial charge in [0.15, 0.2) is 0 Å². The first kappa shape index (κ1) is 15.2. The summed E-state index contributed by atoms with van der Waals surface area (Å²) in [6, 6.07) is 7.77. The molecule has 2 atom stereocenters. The molecule has 1 aromatic rings. The molecular weight excluding hydrogens is 272 g/mol. The van der Waals surface area contributed by atoms with E-state index in [2.05, 4.69) is 11.6 Å². The zero-order valence-corrected chi connectivity index (χ0v) is 12.8. The number of nitrogens with zero attached hydrogens (tertiary/aromatic N) is 1. The summed E-state index contributed by atoms with van der Waals surface area (Å²) in [5, 5.41) is 12.7. The van der Waals surface area contributed by atoms with Crippen molar-refractivity contribution >= 4 is 23.5 Å². The number of β-amino-alcohol motifs (C(OH)–C–C–N with tert-alkyl or cyclic N) is 1. The van der Waals surface area contributed by atoms with Crippen LogP contribution in [-0.2, 0) is 5.75 Å². The van der Waals surface area contributed by atoms with E-state index in [4.69, 9.17) is 0 Å². The summed E-state index contributed by atoms with van der Waals surface area (Å²) in [7, 11) is 0. The van der Waals surface area contributed by atoms with E-state index in [0.717, 1.165) is 17.9 Å². The highest BCUT2D eigenvalue weighted by Crippen LogP contribution is 2.19. The van der Waals surface area contributed by atoms with Gasteiger partial charge in [0.2, 0.25) is 0 Å². The van der Waals surface area contributed by atoms with Gasteiger partial charge >= 0.3 is 6.03 Å². The Morgan fingerprint density at radius 3 is 2.75 bits per heavy atom. The zero-order chi connectivity index (χ0) is 14.5. The number of rotatable bonds is 3. The Balaban J connectivity index is 1.90. The number of nitrogens with one attached hydrogen (secondary N) is 1. The molecule has 4 nitrogen and oxygen atoms in total. The molecule has 1 heterocycles. The maximum Gasteiger partial charge on any atom is 0.321 e. The predicted molar refractivity (Wildman–Crippen MR) is 84.0 cm³/mol. The summed E-state index contributed by atoms with van der Waals surface area (Å²) < 4.78 is 0. The number of amides is 2. The topological polar surface area (TPSA) is 52.6 Å². The number of hydrogen-bond acceptors (Lipinski definition) is 3. The van der Waals surface area contributed by atoms with Crippen molar-refractivity contribution in [2.24, 2.45) is 5.92 Å². The minimum Gasteiger partial charge on any atom is -0.391 e. The lowest BCUT2D eigenvalue weighted by Gasteiger charge is -2.34. The standard InChI is InChI=1S/C15H22N2O2S/c1-11-7-8-17(9-14(11)18)15(19)16-13-5-3-12(4-6-13)10-20-2/h3-6,11,14,18H,7-10H2,1-2H3,(H,16,19). The normalized spacial score (nSPS) is 22.6. The largest absolute Gasteiger partial charge is 0.391 e. The molecule has 0 aromatic heterocycles. The second-order valence-corrected chi connectivity index (χ2v) is 6.21. The molecule has 2 unspecified atom stereocenters. The van der Waals surface area contributed by atoms with Crippen molar-refractivity contribution in [3.05, 3.63) is 29.8 Å². The predicted octanol–water partition coefficient (Wildman–Crippen LogP) is 2.78. The summed E-state index contributed by atoms with van der Waals surface area (Å²) in [5.41, 5.74) is 2.05. The van der Waals surface area contributed by atoms with Gasteiger partial charge in [0.1, 0.15) is 0 Å². The Morgan fingerprint density at radius 1 is 1.45 bits per heavy atom. The number of piperidine rings is 1. The first-order chi connectivity index (χ1) is 9.60. The van der Waals surface area contributed by atoms with E-state index >= 15 is 0 Å². The van der Waals surface area contributed by atoms with Crippen molar-refractivity contribution in [3.8, 4) is 0 Å². The lowest BCUT2D eigenvalue weighted by molar-refractivity contribution is 0.0464. The molecule has 2 N–H and O–H groups in total. The highest BCUT2D eigenvalue weighted by Gasteiger charge is 2.27. The van der Waals surface area contributed by atoms with Crippen LogP contribution in [0.2, 0.25) is 0 Å². The first-order valence-electron chi connectivity index (χ1n) is 6.92. The molecule has 1 aliphatic rings. The second-order valence-electron chi connectivity index (χ2n) is 5.34. The average molecular weight is 294 g/mol. The Kier molecular flexibility index (Phi) is 5.31. The van der Waals surface area contributed by atoms with Gasteiger partial charge in [-0.3, -0.25) is 0 Å². The molecule has 1 aromatic carbocycles. The maximum absolute atomic E-state index is 12.1. The van der Waals surface area contributed by atoms with Crippen LogP contribution < -0.4 is 5.32 Å². The lowest BCUT2D eigenvalue weighted by atomic mass is 9.96. The fourth-order valence-electron chi connectivity index (χ4n) is 2.29. The van der Waals surface area contributed by atoms with Gasteiger partial charge in [-0.1, -0.05) is 19.1 Å². The molecule has 0 bridgehead atoms. The van der Waals surface area contributed by atoms with E-state index in [0.29, 0.717) is 13.1 Å².